The quantitative estimate of drug-likeness (QED) is 0.148. The summed E-state index contributed by atoms with van der Waals surface area (Å²) in [5.41, 5.74) is 20.2. The SMILES string of the molecule is C/C(=C\C=C1/CC(C)(C)C2=C(C(Cn3c4c(c5cc(-c6ccccc6)ccc53)=CC(c3ccccc3)CC=4)CC=C2)C1(C)C)N1C2=CC=C(c3ccccc3)C2c2cc(-c3ccccc3)ccc21. The predicted molar refractivity (Wildman–Crippen MR) is 287 cm³/mol. The average molecular weight is 881 g/mol. The molecule has 1 aliphatic heterocycles. The van der Waals surface area contributed by atoms with Gasteiger partial charge in [-0.2, -0.15) is 0 Å². The predicted octanol–water partition coefficient (Wildman–Crippen LogP) is 15.5. The van der Waals surface area contributed by atoms with Crippen molar-refractivity contribution in [1.82, 2.24) is 4.57 Å². The van der Waals surface area contributed by atoms with E-state index in [1.165, 1.54) is 94.2 Å². The molecule has 0 spiro atoms. The molecule has 6 aromatic carbocycles. The standard InChI is InChI=1S/C66H60N2/c1-44(68-61-37-32-51(47-23-14-8-15-24-47)41-57(61)63-54(34-38-62(63)68)48-25-16-9-17-26-48)29-33-53-42-65(2,3)58-28-18-27-52(64(58)66(53,4)5)43-67-59-35-30-49(45-19-10-6-11-20-45)39-55(59)56-40-50(31-36-60(56)67)46-21-12-7-13-22-46/h6-26,28-30,32-41,50,52,63H,27,31,42-43H2,1-5H3/b44-29+,53-33+. The zero-order chi connectivity index (χ0) is 46.1. The van der Waals surface area contributed by atoms with Crippen LogP contribution in [0.1, 0.15) is 82.4 Å². The van der Waals surface area contributed by atoms with Gasteiger partial charge in [0.15, 0.2) is 0 Å². The molecule has 68 heavy (non-hydrogen) atoms. The number of nitrogens with zero attached hydrogens (tertiary/aromatic N) is 2. The van der Waals surface area contributed by atoms with Crippen molar-refractivity contribution >= 4 is 34.3 Å². The lowest BCUT2D eigenvalue weighted by molar-refractivity contribution is 0.304. The molecule has 2 heterocycles. The van der Waals surface area contributed by atoms with Gasteiger partial charge >= 0.3 is 0 Å². The summed E-state index contributed by atoms with van der Waals surface area (Å²) in [5.74, 6) is 0.901. The Bertz CT molecular complexity index is 3440. The molecule has 4 aliphatic carbocycles. The van der Waals surface area contributed by atoms with E-state index >= 15 is 0 Å². The molecule has 2 heteroatoms. The first-order valence-corrected chi connectivity index (χ1v) is 24.8. The topological polar surface area (TPSA) is 8.17 Å². The minimum atomic E-state index is -0.125. The van der Waals surface area contributed by atoms with Crippen LogP contribution >= 0.6 is 0 Å². The first kappa shape index (κ1) is 42.2. The molecule has 12 rings (SSSR count). The second-order valence-electron chi connectivity index (χ2n) is 21.0. The number of rotatable bonds is 8. The van der Waals surface area contributed by atoms with Crippen LogP contribution < -0.4 is 15.5 Å². The van der Waals surface area contributed by atoms with Crippen LogP contribution in [0.4, 0.5) is 5.69 Å². The summed E-state index contributed by atoms with van der Waals surface area (Å²) < 4.78 is 2.69. The van der Waals surface area contributed by atoms with Gasteiger partial charge in [-0.25, -0.2) is 0 Å². The lowest BCUT2D eigenvalue weighted by Crippen LogP contribution is -2.39. The molecular weight excluding hydrogens is 821 g/mol. The monoisotopic (exact) mass is 880 g/mol. The highest BCUT2D eigenvalue weighted by atomic mass is 15.2. The van der Waals surface area contributed by atoms with Gasteiger partial charge in [-0.1, -0.05) is 209 Å². The second kappa shape index (κ2) is 16.6. The van der Waals surface area contributed by atoms with Crippen LogP contribution in [-0.2, 0) is 6.54 Å². The van der Waals surface area contributed by atoms with Crippen LogP contribution in [-0.4, -0.2) is 4.57 Å². The number of hydrogen-bond acceptors (Lipinski definition) is 1. The van der Waals surface area contributed by atoms with Crippen molar-refractivity contribution in [3.8, 4) is 22.3 Å². The Labute approximate surface area is 402 Å². The Morgan fingerprint density at radius 2 is 1.32 bits per heavy atom. The number of allylic oxidation sites excluding steroid dienone is 11. The Morgan fingerprint density at radius 3 is 2.03 bits per heavy atom. The molecule has 2 nitrogen and oxygen atoms in total. The van der Waals surface area contributed by atoms with E-state index in [4.69, 9.17) is 0 Å². The maximum atomic E-state index is 2.69. The highest BCUT2D eigenvalue weighted by Crippen LogP contribution is 2.58. The zero-order valence-electron chi connectivity index (χ0n) is 40.1. The van der Waals surface area contributed by atoms with E-state index in [-0.39, 0.29) is 16.7 Å². The summed E-state index contributed by atoms with van der Waals surface area (Å²) in [4.78, 5) is 2.54. The molecule has 0 saturated heterocycles. The lowest BCUT2D eigenvalue weighted by atomic mass is 9.56. The molecule has 5 aliphatic rings. The molecule has 3 unspecified atom stereocenters. The van der Waals surface area contributed by atoms with Crippen LogP contribution in [0, 0.1) is 16.7 Å². The summed E-state index contributed by atoms with van der Waals surface area (Å²) in [7, 11) is 0. The van der Waals surface area contributed by atoms with Gasteiger partial charge in [-0.05, 0) is 118 Å². The van der Waals surface area contributed by atoms with Crippen LogP contribution in [0.5, 0.6) is 0 Å². The Kier molecular flexibility index (Phi) is 10.3. The number of benzene rings is 6. The Morgan fingerprint density at radius 1 is 0.676 bits per heavy atom. The number of hydrogen-bond donors (Lipinski definition) is 0. The van der Waals surface area contributed by atoms with Crippen LogP contribution in [0.15, 0.2) is 222 Å². The molecule has 0 radical (unpaired) electrons. The highest BCUT2D eigenvalue weighted by molar-refractivity contribution is 5.91. The van der Waals surface area contributed by atoms with Crippen molar-refractivity contribution in [3.63, 3.8) is 0 Å². The normalized spacial score (nSPS) is 21.7. The fraction of sp³-hybridized carbons (Fsp3) is 0.212. The van der Waals surface area contributed by atoms with E-state index in [0.717, 1.165) is 25.8 Å². The second-order valence-corrected chi connectivity index (χ2v) is 21.0. The summed E-state index contributed by atoms with van der Waals surface area (Å²) in [6, 6.07) is 58.0. The summed E-state index contributed by atoms with van der Waals surface area (Å²) >= 11 is 0. The number of anilines is 1. The van der Waals surface area contributed by atoms with Gasteiger partial charge in [0.05, 0.1) is 5.92 Å². The summed E-state index contributed by atoms with van der Waals surface area (Å²) in [6.45, 7) is 13.2. The largest absolute Gasteiger partial charge is 0.340 e. The summed E-state index contributed by atoms with van der Waals surface area (Å²) in [5, 5.41) is 4.12. The third-order valence-corrected chi connectivity index (χ3v) is 16.0. The van der Waals surface area contributed by atoms with Crippen LogP contribution in [0.3, 0.4) is 0 Å². The number of fused-ring (bicyclic) bond motifs is 6. The van der Waals surface area contributed by atoms with Gasteiger partial charge in [-0.3, -0.25) is 0 Å². The minimum absolute atomic E-state index is 0.000835. The fourth-order valence-electron chi connectivity index (χ4n) is 12.7. The van der Waals surface area contributed by atoms with Gasteiger partial charge < -0.3 is 9.47 Å². The van der Waals surface area contributed by atoms with Crippen molar-refractivity contribution in [2.45, 2.75) is 72.3 Å². The smallest absolute Gasteiger partial charge is 0.0523 e. The maximum absolute atomic E-state index is 2.69. The lowest BCUT2D eigenvalue weighted by Gasteiger charge is -2.49. The van der Waals surface area contributed by atoms with Gasteiger partial charge in [-0.15, -0.1) is 0 Å². The fourth-order valence-corrected chi connectivity index (χ4v) is 12.7. The number of aromatic nitrogens is 1. The van der Waals surface area contributed by atoms with Crippen molar-refractivity contribution in [2.75, 3.05) is 4.90 Å². The molecule has 0 fully saturated rings. The van der Waals surface area contributed by atoms with E-state index in [2.05, 4.69) is 250 Å². The minimum Gasteiger partial charge on any atom is -0.340 e. The first-order valence-electron chi connectivity index (χ1n) is 24.8. The van der Waals surface area contributed by atoms with Crippen molar-refractivity contribution in [2.24, 2.45) is 16.7 Å². The average Bonchev–Trinajstić information content (AvgIpc) is 4.05. The van der Waals surface area contributed by atoms with Crippen molar-refractivity contribution in [1.29, 1.82) is 0 Å². The molecule has 7 aromatic rings. The molecule has 1 aromatic heterocycles. The third kappa shape index (κ3) is 7.07. The van der Waals surface area contributed by atoms with Gasteiger partial charge in [0, 0.05) is 62.3 Å². The van der Waals surface area contributed by atoms with Gasteiger partial charge in [0.2, 0.25) is 0 Å². The first-order chi connectivity index (χ1) is 33.1. The van der Waals surface area contributed by atoms with E-state index < -0.39 is 0 Å². The van der Waals surface area contributed by atoms with Crippen LogP contribution in [0.2, 0.25) is 0 Å². The Balaban J connectivity index is 0.917. The van der Waals surface area contributed by atoms with Crippen molar-refractivity contribution < 1.29 is 0 Å². The Hall–Kier alpha value is -7.16. The van der Waals surface area contributed by atoms with Crippen molar-refractivity contribution in [3.05, 3.63) is 250 Å². The molecular formula is C66H60N2. The van der Waals surface area contributed by atoms with Gasteiger partial charge in [0.1, 0.15) is 0 Å². The molecule has 0 N–H and O–H groups in total. The maximum Gasteiger partial charge on any atom is 0.0523 e. The van der Waals surface area contributed by atoms with Gasteiger partial charge in [0.25, 0.3) is 0 Å². The molecule has 3 atom stereocenters. The van der Waals surface area contributed by atoms with E-state index in [0.29, 0.717) is 11.8 Å². The van der Waals surface area contributed by atoms with Crippen LogP contribution in [0.25, 0.3) is 50.9 Å². The van der Waals surface area contributed by atoms with E-state index in [9.17, 15) is 0 Å². The van der Waals surface area contributed by atoms with E-state index in [1.807, 2.05) is 0 Å². The molecule has 334 valence electrons. The molecule has 0 amide bonds. The zero-order valence-corrected chi connectivity index (χ0v) is 40.1. The third-order valence-electron chi connectivity index (χ3n) is 16.0. The molecule has 0 bridgehead atoms. The van der Waals surface area contributed by atoms with E-state index in [1.54, 1.807) is 5.57 Å². The molecule has 0 saturated carbocycles. The summed E-state index contributed by atoms with van der Waals surface area (Å²) in [6.07, 6.45) is 22.8. The highest BCUT2D eigenvalue weighted by Gasteiger charge is 2.45.